The first-order chi connectivity index (χ1) is 15.1. The lowest BCUT2D eigenvalue weighted by atomic mass is 10.0. The fourth-order valence-corrected chi connectivity index (χ4v) is 4.17. The van der Waals surface area contributed by atoms with Crippen molar-refractivity contribution in [2.45, 2.75) is 25.9 Å². The SMILES string of the molecule is COc1ccc([C@H](c2nnnn2C(C)C)N2CCN(c3ccccc3OC)CC2)cc1. The predicted octanol–water partition coefficient (Wildman–Crippen LogP) is 3.18. The second kappa shape index (κ2) is 9.34. The second-order valence-corrected chi connectivity index (χ2v) is 7.95. The average molecular weight is 423 g/mol. The van der Waals surface area contributed by atoms with E-state index in [1.807, 2.05) is 28.9 Å². The maximum atomic E-state index is 5.57. The Morgan fingerprint density at radius 3 is 2.23 bits per heavy atom. The molecule has 0 N–H and O–H groups in total. The third-order valence-electron chi connectivity index (χ3n) is 5.79. The van der Waals surface area contributed by atoms with Crippen LogP contribution in [0.1, 0.15) is 37.3 Å². The van der Waals surface area contributed by atoms with Crippen molar-refractivity contribution >= 4 is 5.69 Å². The number of benzene rings is 2. The molecule has 0 saturated carbocycles. The molecule has 1 atom stereocenters. The summed E-state index contributed by atoms with van der Waals surface area (Å²) in [5.74, 6) is 2.62. The molecule has 8 nitrogen and oxygen atoms in total. The first kappa shape index (κ1) is 21.1. The van der Waals surface area contributed by atoms with Crippen LogP contribution in [0.5, 0.6) is 11.5 Å². The third kappa shape index (κ3) is 4.34. The summed E-state index contributed by atoms with van der Waals surface area (Å²) < 4.78 is 12.8. The van der Waals surface area contributed by atoms with Gasteiger partial charge in [-0.15, -0.1) is 5.10 Å². The highest BCUT2D eigenvalue weighted by molar-refractivity contribution is 5.58. The zero-order valence-corrected chi connectivity index (χ0v) is 18.6. The smallest absolute Gasteiger partial charge is 0.173 e. The first-order valence-electron chi connectivity index (χ1n) is 10.7. The molecule has 4 rings (SSSR count). The zero-order chi connectivity index (χ0) is 21.8. The normalized spacial score (nSPS) is 15.8. The quantitative estimate of drug-likeness (QED) is 0.579. The number of ether oxygens (including phenoxy) is 2. The number of piperazine rings is 1. The van der Waals surface area contributed by atoms with Gasteiger partial charge in [-0.3, -0.25) is 4.90 Å². The van der Waals surface area contributed by atoms with E-state index in [1.165, 1.54) is 0 Å². The van der Waals surface area contributed by atoms with Gasteiger partial charge in [-0.05, 0) is 54.1 Å². The van der Waals surface area contributed by atoms with E-state index in [2.05, 4.69) is 63.4 Å². The molecule has 0 radical (unpaired) electrons. The van der Waals surface area contributed by atoms with Crippen LogP contribution in [-0.2, 0) is 0 Å². The maximum Gasteiger partial charge on any atom is 0.173 e. The lowest BCUT2D eigenvalue weighted by molar-refractivity contribution is 0.198. The Labute approximate surface area is 183 Å². The van der Waals surface area contributed by atoms with Gasteiger partial charge < -0.3 is 14.4 Å². The molecule has 0 unspecified atom stereocenters. The number of aromatic nitrogens is 4. The van der Waals surface area contributed by atoms with Crippen molar-refractivity contribution in [3.05, 3.63) is 59.9 Å². The number of hydrogen-bond acceptors (Lipinski definition) is 7. The standard InChI is InChI=1S/C23H30N6O2/c1-17(2)29-23(24-25-26-29)22(18-9-11-19(30-3)12-10-18)28-15-13-27(14-16-28)20-7-5-6-8-21(20)31-4/h5-12,17,22H,13-16H2,1-4H3/t22-/m1/s1. The van der Waals surface area contributed by atoms with E-state index >= 15 is 0 Å². The van der Waals surface area contributed by atoms with Crippen LogP contribution in [0.3, 0.4) is 0 Å². The van der Waals surface area contributed by atoms with E-state index < -0.39 is 0 Å². The van der Waals surface area contributed by atoms with Crippen LogP contribution in [0.25, 0.3) is 0 Å². The van der Waals surface area contributed by atoms with Crippen molar-refractivity contribution in [1.82, 2.24) is 25.1 Å². The maximum absolute atomic E-state index is 5.57. The van der Waals surface area contributed by atoms with E-state index in [0.29, 0.717) is 0 Å². The summed E-state index contributed by atoms with van der Waals surface area (Å²) in [6, 6.07) is 16.6. The fourth-order valence-electron chi connectivity index (χ4n) is 4.17. The highest BCUT2D eigenvalue weighted by Gasteiger charge is 2.31. The molecular formula is C23H30N6O2. The molecule has 3 aromatic rings. The Balaban J connectivity index is 1.61. The molecule has 1 fully saturated rings. The molecule has 2 heterocycles. The van der Waals surface area contributed by atoms with Crippen LogP contribution in [0.4, 0.5) is 5.69 Å². The van der Waals surface area contributed by atoms with Crippen LogP contribution in [0.2, 0.25) is 0 Å². The van der Waals surface area contributed by atoms with E-state index in [9.17, 15) is 0 Å². The molecule has 0 amide bonds. The minimum Gasteiger partial charge on any atom is -0.497 e. The summed E-state index contributed by atoms with van der Waals surface area (Å²) >= 11 is 0. The first-order valence-corrected chi connectivity index (χ1v) is 10.7. The molecule has 0 spiro atoms. The Morgan fingerprint density at radius 1 is 0.871 bits per heavy atom. The molecule has 1 saturated heterocycles. The number of methoxy groups -OCH3 is 2. The van der Waals surface area contributed by atoms with Gasteiger partial charge in [0.05, 0.1) is 32.0 Å². The van der Waals surface area contributed by atoms with Gasteiger partial charge in [-0.1, -0.05) is 24.3 Å². The molecule has 1 aliphatic rings. The molecule has 1 aliphatic heterocycles. The average Bonchev–Trinajstić information content (AvgIpc) is 3.30. The number of rotatable bonds is 7. The Bertz CT molecular complexity index is 980. The van der Waals surface area contributed by atoms with Gasteiger partial charge in [-0.25, -0.2) is 4.68 Å². The van der Waals surface area contributed by atoms with Crippen molar-refractivity contribution in [3.63, 3.8) is 0 Å². The van der Waals surface area contributed by atoms with Gasteiger partial charge in [0, 0.05) is 26.2 Å². The van der Waals surface area contributed by atoms with Crippen LogP contribution < -0.4 is 14.4 Å². The minimum atomic E-state index is -0.0249. The molecule has 0 aliphatic carbocycles. The summed E-state index contributed by atoms with van der Waals surface area (Å²) in [5, 5.41) is 12.7. The fraction of sp³-hybridized carbons (Fsp3) is 0.435. The van der Waals surface area contributed by atoms with Gasteiger partial charge in [0.1, 0.15) is 11.5 Å². The topological polar surface area (TPSA) is 68.5 Å². The zero-order valence-electron chi connectivity index (χ0n) is 18.6. The number of para-hydroxylation sites is 2. The summed E-state index contributed by atoms with van der Waals surface area (Å²) in [5.41, 5.74) is 2.29. The lowest BCUT2D eigenvalue weighted by Gasteiger charge is -2.40. The van der Waals surface area contributed by atoms with Crippen molar-refractivity contribution in [1.29, 1.82) is 0 Å². The molecular weight excluding hydrogens is 392 g/mol. The highest BCUT2D eigenvalue weighted by Crippen LogP contribution is 2.33. The Kier molecular flexibility index (Phi) is 6.36. The summed E-state index contributed by atoms with van der Waals surface area (Å²) in [4.78, 5) is 4.84. The van der Waals surface area contributed by atoms with Crippen LogP contribution in [0.15, 0.2) is 48.5 Å². The van der Waals surface area contributed by atoms with Crippen molar-refractivity contribution < 1.29 is 9.47 Å². The van der Waals surface area contributed by atoms with E-state index in [0.717, 1.165) is 54.8 Å². The van der Waals surface area contributed by atoms with Crippen LogP contribution >= 0.6 is 0 Å². The molecule has 1 aromatic heterocycles. The third-order valence-corrected chi connectivity index (χ3v) is 5.79. The number of nitrogens with zero attached hydrogens (tertiary/aromatic N) is 6. The monoisotopic (exact) mass is 422 g/mol. The molecule has 164 valence electrons. The van der Waals surface area contributed by atoms with Gasteiger partial charge in [0.15, 0.2) is 5.82 Å². The van der Waals surface area contributed by atoms with Gasteiger partial charge in [0.2, 0.25) is 0 Å². The highest BCUT2D eigenvalue weighted by atomic mass is 16.5. The van der Waals surface area contributed by atoms with Crippen LogP contribution in [0, 0.1) is 0 Å². The summed E-state index contributed by atoms with van der Waals surface area (Å²) in [7, 11) is 3.41. The van der Waals surface area contributed by atoms with Crippen LogP contribution in [-0.4, -0.2) is 65.5 Å². The molecule has 8 heteroatoms. The van der Waals surface area contributed by atoms with E-state index in [1.54, 1.807) is 14.2 Å². The summed E-state index contributed by atoms with van der Waals surface area (Å²) in [6.07, 6.45) is 0. The second-order valence-electron chi connectivity index (χ2n) is 7.95. The number of hydrogen-bond donors (Lipinski definition) is 0. The van der Waals surface area contributed by atoms with Gasteiger partial charge in [0.25, 0.3) is 0 Å². The minimum absolute atomic E-state index is 0.0249. The molecule has 31 heavy (non-hydrogen) atoms. The van der Waals surface area contributed by atoms with E-state index in [-0.39, 0.29) is 12.1 Å². The predicted molar refractivity (Wildman–Crippen MR) is 120 cm³/mol. The van der Waals surface area contributed by atoms with Crippen molar-refractivity contribution in [3.8, 4) is 11.5 Å². The molecule has 0 bridgehead atoms. The lowest BCUT2D eigenvalue weighted by Crippen LogP contribution is -2.48. The largest absolute Gasteiger partial charge is 0.497 e. The Morgan fingerprint density at radius 2 is 1.58 bits per heavy atom. The Hall–Kier alpha value is -3.13. The number of anilines is 1. The summed E-state index contributed by atoms with van der Waals surface area (Å²) in [6.45, 7) is 7.78. The number of tetrazole rings is 1. The van der Waals surface area contributed by atoms with Crippen molar-refractivity contribution in [2.24, 2.45) is 0 Å². The van der Waals surface area contributed by atoms with Crippen molar-refractivity contribution in [2.75, 3.05) is 45.3 Å². The molecule has 2 aromatic carbocycles. The van der Waals surface area contributed by atoms with Gasteiger partial charge in [-0.2, -0.15) is 0 Å². The van der Waals surface area contributed by atoms with Gasteiger partial charge >= 0.3 is 0 Å². The van der Waals surface area contributed by atoms with E-state index in [4.69, 9.17) is 9.47 Å².